The molecular formula is C18H20O6. The first kappa shape index (κ1) is 19.3. The summed E-state index contributed by atoms with van der Waals surface area (Å²) in [6, 6.07) is 13.7. The molecule has 6 nitrogen and oxygen atoms in total. The Hall–Kier alpha value is -2.70. The average Bonchev–Trinajstić information content (AvgIpc) is 2.65. The van der Waals surface area contributed by atoms with Crippen LogP contribution in [0.5, 0.6) is 11.5 Å². The highest BCUT2D eigenvalue weighted by Crippen LogP contribution is 2.15. The fourth-order valence-electron chi connectivity index (χ4n) is 1.71. The number of rotatable bonds is 8. The zero-order valence-corrected chi connectivity index (χ0v) is 13.1. The number of carbonyl (C=O) groups excluding carboxylic acids is 2. The number of benzene rings is 2. The highest BCUT2D eigenvalue weighted by Gasteiger charge is 1.99. The molecule has 128 valence electrons. The number of aliphatic hydroxyl groups is 2. The summed E-state index contributed by atoms with van der Waals surface area (Å²) in [6.45, 7) is 0.395. The van der Waals surface area contributed by atoms with Gasteiger partial charge in [0, 0.05) is 5.56 Å². The van der Waals surface area contributed by atoms with E-state index in [9.17, 15) is 9.59 Å². The molecule has 24 heavy (non-hydrogen) atoms. The van der Waals surface area contributed by atoms with Crippen molar-refractivity contribution < 1.29 is 29.3 Å². The minimum Gasteiger partial charge on any atom is -0.491 e. The lowest BCUT2D eigenvalue weighted by atomic mass is 10.2. The van der Waals surface area contributed by atoms with Gasteiger partial charge in [-0.25, -0.2) is 0 Å². The molecule has 2 aromatic rings. The molecule has 0 unspecified atom stereocenters. The van der Waals surface area contributed by atoms with Crippen LogP contribution in [0.15, 0.2) is 48.5 Å². The highest BCUT2D eigenvalue weighted by atomic mass is 16.5. The zero-order chi connectivity index (χ0) is 17.6. The van der Waals surface area contributed by atoms with Crippen molar-refractivity contribution in [3.63, 3.8) is 0 Å². The van der Waals surface area contributed by atoms with Gasteiger partial charge in [-0.3, -0.25) is 9.59 Å². The van der Waals surface area contributed by atoms with Crippen LogP contribution in [0.25, 0.3) is 0 Å². The highest BCUT2D eigenvalue weighted by molar-refractivity contribution is 5.79. The third-order valence-electron chi connectivity index (χ3n) is 2.75. The molecule has 0 aromatic heterocycles. The van der Waals surface area contributed by atoms with Gasteiger partial charge in [-0.1, -0.05) is 24.3 Å². The van der Waals surface area contributed by atoms with E-state index in [1.165, 1.54) is 0 Å². The van der Waals surface area contributed by atoms with Crippen molar-refractivity contribution >= 4 is 12.6 Å². The van der Waals surface area contributed by atoms with Gasteiger partial charge in [-0.05, 0) is 24.3 Å². The van der Waals surface area contributed by atoms with Crippen LogP contribution in [0.4, 0.5) is 0 Å². The van der Waals surface area contributed by atoms with E-state index < -0.39 is 0 Å². The number of hydrogen-bond acceptors (Lipinski definition) is 6. The maximum Gasteiger partial charge on any atom is 0.153 e. The van der Waals surface area contributed by atoms with Crippen LogP contribution in [0.2, 0.25) is 0 Å². The summed E-state index contributed by atoms with van der Waals surface area (Å²) >= 11 is 0. The summed E-state index contributed by atoms with van der Waals surface area (Å²) in [5, 5.41) is 16.9. The van der Waals surface area contributed by atoms with Gasteiger partial charge >= 0.3 is 0 Å². The Kier molecular flexibility index (Phi) is 9.52. The van der Waals surface area contributed by atoms with E-state index in [2.05, 4.69) is 0 Å². The molecular weight excluding hydrogens is 312 g/mol. The molecule has 2 aromatic carbocycles. The lowest BCUT2D eigenvalue weighted by Crippen LogP contribution is -2.03. The number of para-hydroxylation sites is 1. The molecule has 0 amide bonds. The van der Waals surface area contributed by atoms with Crippen LogP contribution in [-0.4, -0.2) is 49.2 Å². The van der Waals surface area contributed by atoms with E-state index in [1.54, 1.807) is 48.5 Å². The van der Waals surface area contributed by atoms with Crippen LogP contribution in [0, 0.1) is 0 Å². The third kappa shape index (κ3) is 7.04. The Bertz CT molecular complexity index is 626. The Morgan fingerprint density at radius 3 is 2.21 bits per heavy atom. The summed E-state index contributed by atoms with van der Waals surface area (Å²) in [4.78, 5) is 20.8. The molecule has 0 atom stereocenters. The molecule has 0 saturated heterocycles. The Labute approximate surface area is 140 Å². The van der Waals surface area contributed by atoms with Crippen molar-refractivity contribution in [2.24, 2.45) is 0 Å². The van der Waals surface area contributed by atoms with Gasteiger partial charge in [0.25, 0.3) is 0 Å². The van der Waals surface area contributed by atoms with Gasteiger partial charge in [0.2, 0.25) is 0 Å². The Morgan fingerprint density at radius 1 is 0.833 bits per heavy atom. The molecule has 0 aliphatic rings. The van der Waals surface area contributed by atoms with Gasteiger partial charge in [-0.2, -0.15) is 0 Å². The topological polar surface area (TPSA) is 93.1 Å². The zero-order valence-electron chi connectivity index (χ0n) is 13.1. The molecule has 2 rings (SSSR count). The van der Waals surface area contributed by atoms with Crippen molar-refractivity contribution in [2.45, 2.75) is 0 Å². The second-order valence-corrected chi connectivity index (χ2v) is 4.49. The monoisotopic (exact) mass is 332 g/mol. The third-order valence-corrected chi connectivity index (χ3v) is 2.75. The maximum atomic E-state index is 10.4. The lowest BCUT2D eigenvalue weighted by molar-refractivity contribution is 0.111. The standard InChI is InChI=1S/2C9H10O3/c10-4-5-12-9-3-1-2-8(6-9)7-11;10-5-6-12-9-4-2-1-3-8(9)7-11/h1-3,6-7,10H,4-5H2;1-4,7,10H,5-6H2. The first-order valence-corrected chi connectivity index (χ1v) is 7.32. The molecule has 0 aliphatic heterocycles. The Balaban J connectivity index is 0.000000240. The van der Waals surface area contributed by atoms with Crippen molar-refractivity contribution in [1.82, 2.24) is 0 Å². The quantitative estimate of drug-likeness (QED) is 0.715. The lowest BCUT2D eigenvalue weighted by Gasteiger charge is -2.05. The largest absolute Gasteiger partial charge is 0.491 e. The van der Waals surface area contributed by atoms with Gasteiger partial charge < -0.3 is 19.7 Å². The maximum absolute atomic E-state index is 10.4. The van der Waals surface area contributed by atoms with E-state index in [1.807, 2.05) is 0 Å². The first-order chi connectivity index (χ1) is 11.7. The number of aldehydes is 2. The molecule has 0 radical (unpaired) electrons. The number of aliphatic hydroxyl groups excluding tert-OH is 2. The summed E-state index contributed by atoms with van der Waals surface area (Å²) in [5.41, 5.74) is 1.08. The van der Waals surface area contributed by atoms with Crippen LogP contribution in [-0.2, 0) is 0 Å². The van der Waals surface area contributed by atoms with E-state index >= 15 is 0 Å². The van der Waals surface area contributed by atoms with Crippen molar-refractivity contribution in [3.05, 3.63) is 59.7 Å². The van der Waals surface area contributed by atoms with E-state index in [-0.39, 0.29) is 26.4 Å². The minimum absolute atomic E-state index is 0.0225. The van der Waals surface area contributed by atoms with Gasteiger partial charge in [0.05, 0.1) is 18.8 Å². The minimum atomic E-state index is -0.0484. The second kappa shape index (κ2) is 11.8. The predicted octanol–water partition coefficient (Wildman–Crippen LogP) is 1.74. The average molecular weight is 332 g/mol. The van der Waals surface area contributed by atoms with Gasteiger partial charge in [0.1, 0.15) is 31.0 Å². The van der Waals surface area contributed by atoms with Crippen molar-refractivity contribution in [2.75, 3.05) is 26.4 Å². The summed E-state index contributed by atoms with van der Waals surface area (Å²) < 4.78 is 10.2. The molecule has 0 bridgehead atoms. The first-order valence-electron chi connectivity index (χ1n) is 7.32. The van der Waals surface area contributed by atoms with Crippen LogP contribution in [0.3, 0.4) is 0 Å². The number of ether oxygens (including phenoxy) is 2. The summed E-state index contributed by atoms with van der Waals surface area (Å²) in [6.07, 6.45) is 1.48. The van der Waals surface area contributed by atoms with E-state index in [0.717, 1.165) is 12.6 Å². The molecule has 0 aliphatic carbocycles. The van der Waals surface area contributed by atoms with Crippen LogP contribution in [0.1, 0.15) is 20.7 Å². The van der Waals surface area contributed by atoms with Crippen LogP contribution >= 0.6 is 0 Å². The molecule has 6 heteroatoms. The SMILES string of the molecule is O=Cc1cccc(OCCO)c1.O=Cc1ccccc1OCCO. The molecule has 0 heterocycles. The number of hydrogen-bond donors (Lipinski definition) is 2. The smallest absolute Gasteiger partial charge is 0.153 e. The van der Waals surface area contributed by atoms with Gasteiger partial charge in [0.15, 0.2) is 6.29 Å². The second-order valence-electron chi connectivity index (χ2n) is 4.49. The summed E-state index contributed by atoms with van der Waals surface area (Å²) in [5.74, 6) is 1.12. The fourth-order valence-corrected chi connectivity index (χ4v) is 1.71. The summed E-state index contributed by atoms with van der Waals surface area (Å²) in [7, 11) is 0. The Morgan fingerprint density at radius 2 is 1.54 bits per heavy atom. The fraction of sp³-hybridized carbons (Fsp3) is 0.222. The normalized spacial score (nSPS) is 9.42. The van der Waals surface area contributed by atoms with E-state index in [0.29, 0.717) is 22.6 Å². The van der Waals surface area contributed by atoms with Crippen LogP contribution < -0.4 is 9.47 Å². The molecule has 0 spiro atoms. The van der Waals surface area contributed by atoms with Crippen molar-refractivity contribution in [3.8, 4) is 11.5 Å². The van der Waals surface area contributed by atoms with Gasteiger partial charge in [-0.15, -0.1) is 0 Å². The molecule has 0 fully saturated rings. The molecule has 2 N–H and O–H groups in total. The number of carbonyl (C=O) groups is 2. The predicted molar refractivity (Wildman–Crippen MR) is 88.8 cm³/mol. The van der Waals surface area contributed by atoms with Crippen molar-refractivity contribution in [1.29, 1.82) is 0 Å². The van der Waals surface area contributed by atoms with E-state index in [4.69, 9.17) is 19.7 Å². The molecule has 0 saturated carbocycles.